The van der Waals surface area contributed by atoms with Gasteiger partial charge >= 0.3 is 0 Å². The highest BCUT2D eigenvalue weighted by atomic mass is 127. The fraction of sp³-hybridized carbons (Fsp3) is 0.474. The number of guanidine groups is 1. The van der Waals surface area contributed by atoms with E-state index in [0.717, 1.165) is 44.2 Å². The molecule has 148 valence electrons. The van der Waals surface area contributed by atoms with Gasteiger partial charge in [-0.05, 0) is 30.0 Å². The zero-order valence-corrected chi connectivity index (χ0v) is 18.7. The molecule has 1 aliphatic rings. The number of furan rings is 1. The standard InChI is InChI=1S/C19H26N4O2S.HI/c1-2-18(24)23-10-8-15(14-23)22-19(21-13-17-6-4-12-26-17)20-9-7-16-5-3-11-25-16;/h3-6,11-12,15H,2,7-10,13-14H2,1H3,(H2,20,21,22);1H. The van der Waals surface area contributed by atoms with Crippen LogP contribution in [0.1, 0.15) is 30.4 Å². The Morgan fingerprint density at radius 3 is 3.00 bits per heavy atom. The quantitative estimate of drug-likeness (QED) is 0.347. The van der Waals surface area contributed by atoms with Crippen LogP contribution in [0.25, 0.3) is 0 Å². The predicted octanol–water partition coefficient (Wildman–Crippen LogP) is 3.25. The van der Waals surface area contributed by atoms with Crippen LogP contribution < -0.4 is 10.6 Å². The van der Waals surface area contributed by atoms with Crippen molar-refractivity contribution in [3.8, 4) is 0 Å². The lowest BCUT2D eigenvalue weighted by atomic mass is 10.3. The van der Waals surface area contributed by atoms with Gasteiger partial charge in [-0.1, -0.05) is 13.0 Å². The Morgan fingerprint density at radius 1 is 1.41 bits per heavy atom. The van der Waals surface area contributed by atoms with Crippen LogP contribution in [-0.2, 0) is 17.8 Å². The number of rotatable bonds is 7. The van der Waals surface area contributed by atoms with Crippen LogP contribution in [0.5, 0.6) is 0 Å². The molecule has 1 unspecified atom stereocenters. The molecule has 6 nitrogen and oxygen atoms in total. The van der Waals surface area contributed by atoms with Crippen molar-refractivity contribution in [2.45, 2.75) is 38.8 Å². The molecule has 1 amide bonds. The van der Waals surface area contributed by atoms with Gasteiger partial charge in [-0.3, -0.25) is 4.79 Å². The summed E-state index contributed by atoms with van der Waals surface area (Å²) < 4.78 is 5.38. The molecule has 1 fully saturated rings. The van der Waals surface area contributed by atoms with Gasteiger partial charge in [0.2, 0.25) is 5.91 Å². The fourth-order valence-electron chi connectivity index (χ4n) is 2.99. The van der Waals surface area contributed by atoms with E-state index in [2.05, 4.69) is 22.1 Å². The Kier molecular flexibility index (Phi) is 9.12. The molecule has 8 heteroatoms. The first-order valence-corrected chi connectivity index (χ1v) is 10.00. The minimum absolute atomic E-state index is 0. The number of likely N-dealkylation sites (tertiary alicyclic amines) is 1. The Morgan fingerprint density at radius 2 is 2.30 bits per heavy atom. The van der Waals surface area contributed by atoms with Crippen molar-refractivity contribution in [3.05, 3.63) is 46.5 Å². The Balaban J connectivity index is 0.00000261. The summed E-state index contributed by atoms with van der Waals surface area (Å²) in [4.78, 5) is 19.7. The highest BCUT2D eigenvalue weighted by Gasteiger charge is 2.25. The number of amides is 1. The van der Waals surface area contributed by atoms with Crippen LogP contribution in [0, 0.1) is 0 Å². The van der Waals surface area contributed by atoms with Gasteiger partial charge in [-0.25, -0.2) is 4.99 Å². The van der Waals surface area contributed by atoms with Gasteiger partial charge < -0.3 is 20.0 Å². The van der Waals surface area contributed by atoms with Crippen LogP contribution in [0.2, 0.25) is 0 Å². The SMILES string of the molecule is CCC(=O)N1CCC(NC(=NCc2cccs2)NCCc2ccco2)C1.I. The molecule has 2 aromatic heterocycles. The molecular formula is C19H27IN4O2S. The molecule has 1 atom stereocenters. The first-order chi connectivity index (χ1) is 12.7. The number of carbonyl (C=O) groups excluding carboxylic acids is 1. The molecule has 3 heterocycles. The number of hydrogen-bond acceptors (Lipinski definition) is 4. The van der Waals surface area contributed by atoms with E-state index < -0.39 is 0 Å². The Bertz CT molecular complexity index is 703. The second-order valence-electron chi connectivity index (χ2n) is 6.32. The highest BCUT2D eigenvalue weighted by Crippen LogP contribution is 2.12. The molecular weight excluding hydrogens is 475 g/mol. The third kappa shape index (κ3) is 6.84. The lowest BCUT2D eigenvalue weighted by molar-refractivity contribution is -0.129. The number of nitrogens with zero attached hydrogens (tertiary/aromatic N) is 2. The average molecular weight is 502 g/mol. The smallest absolute Gasteiger partial charge is 0.222 e. The van der Waals surface area contributed by atoms with E-state index in [-0.39, 0.29) is 35.9 Å². The van der Waals surface area contributed by atoms with Gasteiger partial charge in [0.15, 0.2) is 5.96 Å². The van der Waals surface area contributed by atoms with Crippen molar-refractivity contribution in [3.63, 3.8) is 0 Å². The van der Waals surface area contributed by atoms with Gasteiger partial charge in [0, 0.05) is 43.4 Å². The number of carbonyl (C=O) groups is 1. The van der Waals surface area contributed by atoms with Crippen molar-refractivity contribution < 1.29 is 9.21 Å². The topological polar surface area (TPSA) is 69.9 Å². The van der Waals surface area contributed by atoms with Crippen LogP contribution in [0.15, 0.2) is 45.3 Å². The third-order valence-corrected chi connectivity index (χ3v) is 5.26. The van der Waals surface area contributed by atoms with Crippen molar-refractivity contribution >= 4 is 47.2 Å². The summed E-state index contributed by atoms with van der Waals surface area (Å²) in [6.45, 7) is 4.86. The maximum atomic E-state index is 11.9. The second kappa shape index (κ2) is 11.3. The molecule has 0 spiro atoms. The fourth-order valence-corrected chi connectivity index (χ4v) is 3.62. The summed E-state index contributed by atoms with van der Waals surface area (Å²) in [7, 11) is 0. The maximum Gasteiger partial charge on any atom is 0.222 e. The lowest BCUT2D eigenvalue weighted by Crippen LogP contribution is -2.45. The predicted molar refractivity (Wildman–Crippen MR) is 120 cm³/mol. The normalized spacial score (nSPS) is 16.9. The molecule has 0 aliphatic carbocycles. The lowest BCUT2D eigenvalue weighted by Gasteiger charge is -2.19. The molecule has 2 N–H and O–H groups in total. The van der Waals surface area contributed by atoms with E-state index in [0.29, 0.717) is 13.0 Å². The van der Waals surface area contributed by atoms with E-state index in [1.807, 2.05) is 30.0 Å². The van der Waals surface area contributed by atoms with Gasteiger partial charge in [-0.2, -0.15) is 0 Å². The van der Waals surface area contributed by atoms with E-state index >= 15 is 0 Å². The van der Waals surface area contributed by atoms with Crippen LogP contribution >= 0.6 is 35.3 Å². The zero-order chi connectivity index (χ0) is 18.2. The molecule has 0 aromatic carbocycles. The minimum Gasteiger partial charge on any atom is -0.469 e. The average Bonchev–Trinajstić information content (AvgIpc) is 3.41. The van der Waals surface area contributed by atoms with Crippen molar-refractivity contribution in [2.24, 2.45) is 4.99 Å². The monoisotopic (exact) mass is 502 g/mol. The summed E-state index contributed by atoms with van der Waals surface area (Å²) in [6, 6.07) is 8.24. The van der Waals surface area contributed by atoms with Gasteiger partial charge in [-0.15, -0.1) is 35.3 Å². The van der Waals surface area contributed by atoms with E-state index in [1.54, 1.807) is 17.6 Å². The van der Waals surface area contributed by atoms with Gasteiger partial charge in [0.1, 0.15) is 5.76 Å². The molecule has 0 bridgehead atoms. The van der Waals surface area contributed by atoms with Crippen LogP contribution in [0.4, 0.5) is 0 Å². The maximum absolute atomic E-state index is 11.9. The molecule has 3 rings (SSSR count). The summed E-state index contributed by atoms with van der Waals surface area (Å²) in [5, 5.41) is 8.93. The Hall–Kier alpha value is -1.55. The number of nitrogens with one attached hydrogen (secondary N) is 2. The van der Waals surface area contributed by atoms with Crippen molar-refractivity contribution in [1.29, 1.82) is 0 Å². The molecule has 0 radical (unpaired) electrons. The molecule has 27 heavy (non-hydrogen) atoms. The number of aliphatic imine (C=N–C) groups is 1. The number of thiophene rings is 1. The zero-order valence-electron chi connectivity index (χ0n) is 15.5. The van der Waals surface area contributed by atoms with Crippen LogP contribution in [-0.4, -0.2) is 42.4 Å². The summed E-state index contributed by atoms with van der Waals surface area (Å²) in [5.74, 6) is 1.97. The van der Waals surface area contributed by atoms with Crippen molar-refractivity contribution in [2.75, 3.05) is 19.6 Å². The van der Waals surface area contributed by atoms with E-state index in [1.165, 1.54) is 4.88 Å². The Labute approximate surface area is 181 Å². The molecule has 0 saturated carbocycles. The molecule has 1 aliphatic heterocycles. The summed E-state index contributed by atoms with van der Waals surface area (Å²) >= 11 is 1.71. The first-order valence-electron chi connectivity index (χ1n) is 9.12. The van der Waals surface area contributed by atoms with Crippen molar-refractivity contribution in [1.82, 2.24) is 15.5 Å². The second-order valence-corrected chi connectivity index (χ2v) is 7.36. The number of halogens is 1. The highest BCUT2D eigenvalue weighted by molar-refractivity contribution is 14.0. The van der Waals surface area contributed by atoms with E-state index in [4.69, 9.17) is 9.41 Å². The largest absolute Gasteiger partial charge is 0.469 e. The van der Waals surface area contributed by atoms with Gasteiger partial charge in [0.05, 0.1) is 12.8 Å². The summed E-state index contributed by atoms with van der Waals surface area (Å²) in [5.41, 5.74) is 0. The third-order valence-electron chi connectivity index (χ3n) is 4.40. The first kappa shape index (κ1) is 21.7. The van der Waals surface area contributed by atoms with E-state index in [9.17, 15) is 4.79 Å². The molecule has 2 aromatic rings. The summed E-state index contributed by atoms with van der Waals surface area (Å²) in [6.07, 6.45) is 4.01. The van der Waals surface area contributed by atoms with Crippen LogP contribution in [0.3, 0.4) is 0 Å². The molecule has 1 saturated heterocycles. The number of hydrogen-bond donors (Lipinski definition) is 2. The minimum atomic E-state index is 0. The van der Waals surface area contributed by atoms with Gasteiger partial charge in [0.25, 0.3) is 0 Å².